The van der Waals surface area contributed by atoms with Crippen molar-refractivity contribution in [1.82, 2.24) is 4.98 Å². The molecule has 0 saturated heterocycles. The summed E-state index contributed by atoms with van der Waals surface area (Å²) in [6.07, 6.45) is -3.91. The Kier molecular flexibility index (Phi) is 2.65. The summed E-state index contributed by atoms with van der Waals surface area (Å²) < 4.78 is 36.6. The van der Waals surface area contributed by atoms with Gasteiger partial charge in [-0.25, -0.2) is 0 Å². The molecule has 14 heavy (non-hydrogen) atoms. The molecule has 0 aliphatic carbocycles. The molecule has 1 aromatic rings. The Bertz CT molecular complexity index is 380. The molecule has 8 heteroatoms. The third-order valence-electron chi connectivity index (χ3n) is 1.33. The first kappa shape index (κ1) is 10.8. The van der Waals surface area contributed by atoms with Crippen LogP contribution in [0.2, 0.25) is 0 Å². The third-order valence-corrected chi connectivity index (χ3v) is 1.58. The van der Waals surface area contributed by atoms with Crippen molar-refractivity contribution in [2.75, 3.05) is 0 Å². The molecule has 0 bridgehead atoms. The molecule has 1 aromatic heterocycles. The zero-order chi connectivity index (χ0) is 10.9. The lowest BCUT2D eigenvalue weighted by Gasteiger charge is -2.06. The molecule has 0 N–H and O–H groups in total. The van der Waals surface area contributed by atoms with Gasteiger partial charge in [0.25, 0.3) is 0 Å². The molecule has 0 atom stereocenters. The van der Waals surface area contributed by atoms with Gasteiger partial charge in [0.2, 0.25) is 0 Å². The molecular weight excluding hydrogens is 221 g/mol. The Morgan fingerprint density at radius 2 is 2.07 bits per heavy atom. The van der Waals surface area contributed by atoms with Crippen LogP contribution >= 0.6 is 12.6 Å². The van der Waals surface area contributed by atoms with Crippen LogP contribution in [-0.2, 0) is 6.18 Å². The quantitative estimate of drug-likeness (QED) is 0.452. The molecule has 0 amide bonds. The maximum absolute atomic E-state index is 12.2. The maximum atomic E-state index is 12.2. The van der Waals surface area contributed by atoms with Crippen LogP contribution in [0.4, 0.5) is 19.0 Å². The van der Waals surface area contributed by atoms with Crippen molar-refractivity contribution in [3.8, 4) is 0 Å². The summed E-state index contributed by atoms with van der Waals surface area (Å²) in [5.74, 6) is -1.21. The topological polar surface area (TPSA) is 56.0 Å². The highest BCUT2D eigenvalue weighted by Gasteiger charge is 2.39. The fourth-order valence-corrected chi connectivity index (χ4v) is 0.987. The molecule has 0 fully saturated rings. The maximum Gasteiger partial charge on any atom is 0.424 e. The average Bonchev–Trinajstić information content (AvgIpc) is 2.01. The van der Waals surface area contributed by atoms with Crippen LogP contribution in [-0.4, -0.2) is 9.91 Å². The van der Waals surface area contributed by atoms with Gasteiger partial charge < -0.3 is 10.1 Å². The minimum Gasteiger partial charge on any atom is -0.358 e. The summed E-state index contributed by atoms with van der Waals surface area (Å²) in [7, 11) is 0. The van der Waals surface area contributed by atoms with E-state index in [-0.39, 0.29) is 4.90 Å². The average molecular weight is 224 g/mol. The number of rotatable bonds is 1. The second kappa shape index (κ2) is 3.45. The van der Waals surface area contributed by atoms with Crippen LogP contribution in [0.3, 0.4) is 0 Å². The normalized spacial score (nSPS) is 11.4. The summed E-state index contributed by atoms with van der Waals surface area (Å²) in [5, 5.41) is 10.2. The lowest BCUT2D eigenvalue weighted by molar-refractivity contribution is -0.392. The van der Waals surface area contributed by atoms with Crippen LogP contribution in [0.25, 0.3) is 0 Å². The number of nitrogens with zero attached hydrogens (tertiary/aromatic N) is 2. The summed E-state index contributed by atoms with van der Waals surface area (Å²) in [6, 6.07) is 0.564. The number of alkyl halides is 3. The van der Waals surface area contributed by atoms with Crippen molar-refractivity contribution in [1.29, 1.82) is 0 Å². The largest absolute Gasteiger partial charge is 0.424 e. The number of halogens is 3. The first-order valence-corrected chi connectivity index (χ1v) is 3.67. The number of nitro groups is 1. The second-order valence-corrected chi connectivity index (χ2v) is 2.84. The molecule has 76 valence electrons. The van der Waals surface area contributed by atoms with Crippen LogP contribution in [0.15, 0.2) is 17.2 Å². The number of thiol groups is 1. The van der Waals surface area contributed by atoms with E-state index in [0.717, 1.165) is 6.20 Å². The third kappa shape index (κ3) is 2.13. The van der Waals surface area contributed by atoms with Gasteiger partial charge in [0.15, 0.2) is 11.8 Å². The molecule has 0 saturated carbocycles. The van der Waals surface area contributed by atoms with Crippen LogP contribution in [0.1, 0.15) is 5.56 Å². The van der Waals surface area contributed by atoms with Gasteiger partial charge in [0, 0.05) is 4.90 Å². The summed E-state index contributed by atoms with van der Waals surface area (Å²) in [5.41, 5.74) is -1.39. The van der Waals surface area contributed by atoms with Gasteiger partial charge in [-0.15, -0.1) is 12.6 Å². The van der Waals surface area contributed by atoms with Crippen molar-refractivity contribution in [2.45, 2.75) is 11.1 Å². The minimum atomic E-state index is -4.80. The van der Waals surface area contributed by atoms with E-state index in [4.69, 9.17) is 0 Å². The van der Waals surface area contributed by atoms with Gasteiger partial charge in [-0.3, -0.25) is 0 Å². The fourth-order valence-electron chi connectivity index (χ4n) is 0.801. The highest BCUT2D eigenvalue weighted by Crippen LogP contribution is 2.35. The van der Waals surface area contributed by atoms with E-state index in [0.29, 0.717) is 6.07 Å². The smallest absolute Gasteiger partial charge is 0.358 e. The van der Waals surface area contributed by atoms with E-state index in [2.05, 4.69) is 17.6 Å². The Morgan fingerprint density at radius 3 is 2.50 bits per heavy atom. The first-order chi connectivity index (χ1) is 6.32. The fraction of sp³-hybridized carbons (Fsp3) is 0.167. The molecule has 0 aromatic carbocycles. The zero-order valence-corrected chi connectivity index (χ0v) is 7.34. The molecule has 0 spiro atoms. The highest BCUT2D eigenvalue weighted by molar-refractivity contribution is 7.80. The van der Waals surface area contributed by atoms with E-state index in [1.54, 1.807) is 0 Å². The van der Waals surface area contributed by atoms with E-state index in [1.165, 1.54) is 0 Å². The molecule has 0 aliphatic heterocycles. The monoisotopic (exact) mass is 224 g/mol. The molecule has 0 radical (unpaired) electrons. The Hall–Kier alpha value is -1.31. The van der Waals surface area contributed by atoms with Gasteiger partial charge >= 0.3 is 12.0 Å². The van der Waals surface area contributed by atoms with Gasteiger partial charge in [-0.1, -0.05) is 0 Å². The molecule has 4 nitrogen and oxygen atoms in total. The Balaban J connectivity index is 3.38. The van der Waals surface area contributed by atoms with Crippen molar-refractivity contribution in [3.63, 3.8) is 0 Å². The predicted octanol–water partition coefficient (Wildman–Crippen LogP) is 2.30. The van der Waals surface area contributed by atoms with Crippen molar-refractivity contribution >= 4 is 18.4 Å². The van der Waals surface area contributed by atoms with Gasteiger partial charge in [-0.2, -0.15) is 13.2 Å². The van der Waals surface area contributed by atoms with Gasteiger partial charge in [0.1, 0.15) is 0 Å². The second-order valence-electron chi connectivity index (χ2n) is 2.32. The van der Waals surface area contributed by atoms with E-state index in [9.17, 15) is 23.3 Å². The van der Waals surface area contributed by atoms with E-state index < -0.39 is 22.5 Å². The van der Waals surface area contributed by atoms with Crippen molar-refractivity contribution < 1.29 is 18.1 Å². The van der Waals surface area contributed by atoms with Crippen LogP contribution < -0.4 is 0 Å². The standard InChI is InChI=1S/C6H3F3N2O2S/c7-6(8,9)4-1-3(14)2-10-5(4)11(12)13/h1-2,14H. The summed E-state index contributed by atoms with van der Waals surface area (Å²) in [6.45, 7) is 0. The van der Waals surface area contributed by atoms with Crippen LogP contribution in [0.5, 0.6) is 0 Å². The highest BCUT2D eigenvalue weighted by atomic mass is 32.1. The lowest BCUT2D eigenvalue weighted by atomic mass is 10.2. The minimum absolute atomic E-state index is 0.0806. The summed E-state index contributed by atoms with van der Waals surface area (Å²) in [4.78, 5) is 12.0. The van der Waals surface area contributed by atoms with E-state index in [1.807, 2.05) is 0 Å². The molecule has 1 rings (SSSR count). The number of hydrogen-bond acceptors (Lipinski definition) is 4. The predicted molar refractivity (Wildman–Crippen MR) is 43.1 cm³/mol. The van der Waals surface area contributed by atoms with Crippen molar-refractivity contribution in [2.24, 2.45) is 0 Å². The van der Waals surface area contributed by atoms with Gasteiger partial charge in [-0.05, 0) is 16.0 Å². The Labute approximate surface area is 81.3 Å². The van der Waals surface area contributed by atoms with E-state index >= 15 is 0 Å². The van der Waals surface area contributed by atoms with Crippen molar-refractivity contribution in [3.05, 3.63) is 27.9 Å². The summed E-state index contributed by atoms with van der Waals surface area (Å²) >= 11 is 3.62. The SMILES string of the molecule is O=[N+]([O-])c1ncc(S)cc1C(F)(F)F. The van der Waals surface area contributed by atoms with Gasteiger partial charge in [0.05, 0.1) is 0 Å². The molecular formula is C6H3F3N2O2S. The number of hydrogen-bond donors (Lipinski definition) is 1. The van der Waals surface area contributed by atoms with Crippen LogP contribution in [0, 0.1) is 10.1 Å². The number of aromatic nitrogens is 1. The first-order valence-electron chi connectivity index (χ1n) is 3.23. The lowest BCUT2D eigenvalue weighted by Crippen LogP contribution is -2.10. The zero-order valence-electron chi connectivity index (χ0n) is 6.45. The molecule has 0 unspecified atom stereocenters. The molecule has 1 heterocycles. The number of pyridine rings is 1. The Morgan fingerprint density at radius 1 is 1.50 bits per heavy atom. The molecule has 0 aliphatic rings.